The molecule has 2 fully saturated rings. The molecule has 0 aliphatic carbocycles. The van der Waals surface area contributed by atoms with Crippen LogP contribution in [-0.2, 0) is 20.9 Å². The summed E-state index contributed by atoms with van der Waals surface area (Å²) in [6.45, 7) is 0.825. The van der Waals surface area contributed by atoms with E-state index in [-0.39, 0.29) is 34.2 Å². The van der Waals surface area contributed by atoms with Gasteiger partial charge >= 0.3 is 6.18 Å². The number of hydrogen-bond acceptors (Lipinski definition) is 6. The van der Waals surface area contributed by atoms with Gasteiger partial charge in [0.1, 0.15) is 5.82 Å². The lowest BCUT2D eigenvalue weighted by atomic mass is 10.1. The summed E-state index contributed by atoms with van der Waals surface area (Å²) < 4.78 is 68.6. The van der Waals surface area contributed by atoms with Crippen LogP contribution in [0.3, 0.4) is 0 Å². The zero-order chi connectivity index (χ0) is 22.4. The van der Waals surface area contributed by atoms with Gasteiger partial charge in [0.2, 0.25) is 10.0 Å². The van der Waals surface area contributed by atoms with Crippen LogP contribution < -0.4 is 15.4 Å². The molecular weight excluding hydrogens is 437 g/mol. The lowest BCUT2D eigenvalue weighted by Crippen LogP contribution is -2.44. The van der Waals surface area contributed by atoms with Gasteiger partial charge in [-0.2, -0.15) is 13.2 Å². The van der Waals surface area contributed by atoms with Crippen LogP contribution in [0.15, 0.2) is 41.4 Å². The van der Waals surface area contributed by atoms with Crippen molar-refractivity contribution in [3.63, 3.8) is 0 Å². The number of carbonyl (C=O) groups excluding carboxylic acids is 1. The van der Waals surface area contributed by atoms with Crippen molar-refractivity contribution in [2.45, 2.75) is 36.1 Å². The summed E-state index contributed by atoms with van der Waals surface area (Å²) in [5.41, 5.74) is -1.25. The van der Waals surface area contributed by atoms with E-state index >= 15 is 0 Å². The third-order valence-electron chi connectivity index (χ3n) is 5.20. The summed E-state index contributed by atoms with van der Waals surface area (Å²) >= 11 is 0. The molecule has 2 atom stereocenters. The van der Waals surface area contributed by atoms with Crippen LogP contribution >= 0.6 is 0 Å². The van der Waals surface area contributed by atoms with Crippen molar-refractivity contribution in [2.24, 2.45) is 5.14 Å². The number of nitrogens with one attached hydrogen (secondary N) is 1. The maximum absolute atomic E-state index is 13.3. The average Bonchev–Trinajstić information content (AvgIpc) is 3.04. The van der Waals surface area contributed by atoms with Crippen molar-refractivity contribution in [3.05, 3.63) is 47.7 Å². The topological polar surface area (TPSA) is 115 Å². The molecule has 8 nitrogen and oxygen atoms in total. The minimum absolute atomic E-state index is 0.0646. The van der Waals surface area contributed by atoms with Gasteiger partial charge in [0.05, 0.1) is 28.2 Å². The van der Waals surface area contributed by atoms with Crippen LogP contribution in [0.25, 0.3) is 0 Å². The molecular formula is C19H19F3N4O4S. The SMILES string of the molecule is NS(=O)(=O)c1cccc(NC(=O)c2cc(C(F)(F)F)cnc2N2CC3CCC(C2)O3)c1. The molecule has 0 spiro atoms. The van der Waals surface area contributed by atoms with Crippen molar-refractivity contribution in [1.29, 1.82) is 0 Å². The van der Waals surface area contributed by atoms with Gasteiger partial charge in [0, 0.05) is 25.0 Å². The van der Waals surface area contributed by atoms with E-state index in [0.29, 0.717) is 19.3 Å². The number of hydrogen-bond donors (Lipinski definition) is 2. The van der Waals surface area contributed by atoms with Crippen LogP contribution in [0, 0.1) is 0 Å². The summed E-state index contributed by atoms with van der Waals surface area (Å²) in [5.74, 6) is -0.729. The second kappa shape index (κ2) is 7.77. The molecule has 2 aliphatic rings. The zero-order valence-corrected chi connectivity index (χ0v) is 16.9. The number of amides is 1. The number of sulfonamides is 1. The first kappa shape index (κ1) is 21.5. The number of anilines is 2. The fraction of sp³-hybridized carbons (Fsp3) is 0.368. The highest BCUT2D eigenvalue weighted by atomic mass is 32.2. The first-order valence-electron chi connectivity index (χ1n) is 9.42. The molecule has 0 saturated carbocycles. The Morgan fingerprint density at radius 3 is 2.48 bits per heavy atom. The van der Waals surface area contributed by atoms with E-state index in [1.165, 1.54) is 18.2 Å². The molecule has 1 aromatic heterocycles. The number of carbonyl (C=O) groups is 1. The zero-order valence-electron chi connectivity index (χ0n) is 16.1. The van der Waals surface area contributed by atoms with E-state index in [4.69, 9.17) is 9.88 Å². The number of alkyl halides is 3. The van der Waals surface area contributed by atoms with Crippen LogP contribution in [0.4, 0.5) is 24.7 Å². The lowest BCUT2D eigenvalue weighted by Gasteiger charge is -2.34. The number of pyridine rings is 1. The molecule has 2 aliphatic heterocycles. The average molecular weight is 456 g/mol. The van der Waals surface area contributed by atoms with E-state index in [9.17, 15) is 26.4 Å². The van der Waals surface area contributed by atoms with Crippen molar-refractivity contribution >= 4 is 27.4 Å². The maximum atomic E-state index is 13.3. The molecule has 2 unspecified atom stereocenters. The fourth-order valence-corrected chi connectivity index (χ4v) is 4.33. The van der Waals surface area contributed by atoms with Gasteiger partial charge in [0.25, 0.3) is 5.91 Å². The van der Waals surface area contributed by atoms with Crippen molar-refractivity contribution in [2.75, 3.05) is 23.3 Å². The third-order valence-corrected chi connectivity index (χ3v) is 6.11. The molecule has 31 heavy (non-hydrogen) atoms. The van der Waals surface area contributed by atoms with Gasteiger partial charge in [-0.05, 0) is 37.1 Å². The predicted octanol–water partition coefficient (Wildman–Crippen LogP) is 2.37. The Kier molecular flexibility index (Phi) is 5.40. The van der Waals surface area contributed by atoms with Crippen LogP contribution in [0.5, 0.6) is 0 Å². The van der Waals surface area contributed by atoms with Gasteiger partial charge in [-0.3, -0.25) is 4.79 Å². The quantitative estimate of drug-likeness (QED) is 0.730. The van der Waals surface area contributed by atoms with Crippen molar-refractivity contribution in [1.82, 2.24) is 4.98 Å². The smallest absolute Gasteiger partial charge is 0.371 e. The van der Waals surface area contributed by atoms with Crippen LogP contribution in [-0.4, -0.2) is 44.6 Å². The van der Waals surface area contributed by atoms with E-state index in [1.807, 2.05) is 0 Å². The molecule has 1 amide bonds. The van der Waals surface area contributed by atoms with E-state index in [2.05, 4.69) is 10.3 Å². The molecule has 4 rings (SSSR count). The van der Waals surface area contributed by atoms with E-state index < -0.39 is 27.7 Å². The monoisotopic (exact) mass is 456 g/mol. The van der Waals surface area contributed by atoms with E-state index in [0.717, 1.165) is 25.0 Å². The highest BCUT2D eigenvalue weighted by Gasteiger charge is 2.37. The number of aromatic nitrogens is 1. The predicted molar refractivity (Wildman–Crippen MR) is 105 cm³/mol. The molecule has 2 saturated heterocycles. The number of ether oxygens (including phenoxy) is 1. The summed E-state index contributed by atoms with van der Waals surface area (Å²) in [6, 6.07) is 5.88. The summed E-state index contributed by atoms with van der Waals surface area (Å²) in [7, 11) is -4.02. The normalized spacial score (nSPS) is 21.2. The molecule has 3 heterocycles. The first-order valence-corrected chi connectivity index (χ1v) is 11.0. The number of nitrogens with zero attached hydrogens (tertiary/aromatic N) is 2. The lowest BCUT2D eigenvalue weighted by molar-refractivity contribution is -0.137. The summed E-state index contributed by atoms with van der Waals surface area (Å²) in [4.78, 5) is 18.4. The van der Waals surface area contributed by atoms with Gasteiger partial charge in [0.15, 0.2) is 0 Å². The molecule has 2 bridgehead atoms. The second-order valence-electron chi connectivity index (χ2n) is 7.48. The van der Waals surface area contributed by atoms with Crippen molar-refractivity contribution < 1.29 is 31.1 Å². The van der Waals surface area contributed by atoms with Crippen LogP contribution in [0.2, 0.25) is 0 Å². The number of benzene rings is 1. The maximum Gasteiger partial charge on any atom is 0.417 e. The number of primary sulfonamides is 1. The summed E-state index contributed by atoms with van der Waals surface area (Å²) in [6.07, 6.45) is -2.44. The minimum atomic E-state index is -4.68. The van der Waals surface area contributed by atoms with Crippen molar-refractivity contribution in [3.8, 4) is 0 Å². The molecule has 166 valence electrons. The third kappa shape index (κ3) is 4.65. The Morgan fingerprint density at radius 1 is 1.19 bits per heavy atom. The first-order chi connectivity index (χ1) is 14.5. The van der Waals surface area contributed by atoms with Crippen LogP contribution in [0.1, 0.15) is 28.8 Å². The number of nitrogens with two attached hydrogens (primary N) is 1. The minimum Gasteiger partial charge on any atom is -0.371 e. The number of rotatable bonds is 4. The highest BCUT2D eigenvalue weighted by molar-refractivity contribution is 7.89. The molecule has 12 heteroatoms. The molecule has 1 aromatic carbocycles. The Morgan fingerprint density at radius 2 is 1.87 bits per heavy atom. The van der Waals surface area contributed by atoms with Gasteiger partial charge in [-0.15, -0.1) is 0 Å². The molecule has 3 N–H and O–H groups in total. The number of morpholine rings is 1. The highest BCUT2D eigenvalue weighted by Crippen LogP contribution is 2.34. The second-order valence-corrected chi connectivity index (χ2v) is 9.04. The number of fused-ring (bicyclic) bond motifs is 2. The standard InChI is InChI=1S/C19H19F3N4O4S/c20-19(21,22)11-6-16(17(24-8-11)26-9-13-4-5-14(10-26)30-13)18(27)25-12-2-1-3-15(7-12)31(23,28)29/h1-3,6-8,13-14H,4-5,9-10H2,(H,25,27)(H2,23,28,29). The fourth-order valence-electron chi connectivity index (χ4n) is 3.77. The number of halogens is 3. The largest absolute Gasteiger partial charge is 0.417 e. The Balaban J connectivity index is 1.69. The van der Waals surface area contributed by atoms with Gasteiger partial charge in [-0.1, -0.05) is 6.07 Å². The molecule has 0 radical (unpaired) electrons. The van der Waals surface area contributed by atoms with Gasteiger partial charge < -0.3 is 15.0 Å². The van der Waals surface area contributed by atoms with Gasteiger partial charge in [-0.25, -0.2) is 18.5 Å². The Labute approximate surface area is 176 Å². The Bertz CT molecular complexity index is 1110. The summed E-state index contributed by atoms with van der Waals surface area (Å²) in [5, 5.41) is 7.54. The Hall–Kier alpha value is -2.70. The van der Waals surface area contributed by atoms with E-state index in [1.54, 1.807) is 4.90 Å². The molecule has 2 aromatic rings.